The number of carbonyl (C=O) groups is 2. The summed E-state index contributed by atoms with van der Waals surface area (Å²) in [6, 6.07) is 3.73. The smallest absolute Gasteiger partial charge is 0.230 e. The van der Waals surface area contributed by atoms with Gasteiger partial charge in [0.1, 0.15) is 5.75 Å². The van der Waals surface area contributed by atoms with Gasteiger partial charge in [-0.1, -0.05) is 6.07 Å². The van der Waals surface area contributed by atoms with Gasteiger partial charge in [-0.05, 0) is 43.5 Å². The lowest BCUT2D eigenvalue weighted by molar-refractivity contribution is -0.115. The lowest BCUT2D eigenvalue weighted by Gasteiger charge is -2.08. The number of primary amides is 1. The number of hydrogen-bond donors (Lipinski definition) is 1. The summed E-state index contributed by atoms with van der Waals surface area (Å²) in [5.74, 6) is -1.30. The summed E-state index contributed by atoms with van der Waals surface area (Å²) in [6.45, 7) is 5.74. The van der Waals surface area contributed by atoms with Crippen molar-refractivity contribution in [2.24, 2.45) is 5.73 Å². The van der Waals surface area contributed by atoms with E-state index in [9.17, 15) is 13.8 Å². The Kier molecular flexibility index (Phi) is 4.78. The molecule has 0 radical (unpaired) electrons. The molecule has 0 bridgehead atoms. The molecule has 0 aliphatic rings. The van der Waals surface area contributed by atoms with E-state index in [2.05, 4.69) is 0 Å². The van der Waals surface area contributed by atoms with Gasteiger partial charge in [0.25, 0.3) is 0 Å². The van der Waals surface area contributed by atoms with E-state index in [0.29, 0.717) is 5.56 Å². The van der Waals surface area contributed by atoms with Crippen LogP contribution in [0.4, 0.5) is 0 Å². The van der Waals surface area contributed by atoms with E-state index in [-0.39, 0.29) is 17.3 Å². The van der Waals surface area contributed by atoms with Crippen molar-refractivity contribution in [1.29, 1.82) is 0 Å². The van der Waals surface area contributed by atoms with Crippen molar-refractivity contribution in [3.63, 3.8) is 0 Å². The summed E-state index contributed by atoms with van der Waals surface area (Å²) in [6.07, 6.45) is 0. The second kappa shape index (κ2) is 5.91. The standard InChI is InChI=1S/C13H17NO3S/c1-8-4-10(3)11(5-9(8)2)12(15)6-18(17)7-13(14)16/h4-5H,6-7H2,1-3H3,(H2,14,16). The first-order chi connectivity index (χ1) is 8.31. The maximum Gasteiger partial charge on any atom is 0.230 e. The SMILES string of the molecule is Cc1cc(C)c(C(=O)CS(=O)CC(N)=O)cc1C. The third kappa shape index (κ3) is 3.77. The quantitative estimate of drug-likeness (QED) is 0.809. The van der Waals surface area contributed by atoms with Gasteiger partial charge in [-0.15, -0.1) is 0 Å². The van der Waals surface area contributed by atoms with Crippen LogP contribution in [0.3, 0.4) is 0 Å². The molecule has 0 aliphatic heterocycles. The van der Waals surface area contributed by atoms with E-state index in [1.54, 1.807) is 6.07 Å². The van der Waals surface area contributed by atoms with Crippen LogP contribution < -0.4 is 5.73 Å². The molecule has 98 valence electrons. The van der Waals surface area contributed by atoms with Gasteiger partial charge >= 0.3 is 0 Å². The highest BCUT2D eigenvalue weighted by atomic mass is 32.2. The molecule has 1 unspecified atom stereocenters. The summed E-state index contributed by atoms with van der Waals surface area (Å²) in [5.41, 5.74) is 8.50. The molecule has 0 aromatic heterocycles. The van der Waals surface area contributed by atoms with Crippen LogP contribution in [0.2, 0.25) is 0 Å². The Morgan fingerprint density at radius 2 is 1.61 bits per heavy atom. The lowest BCUT2D eigenvalue weighted by Crippen LogP contribution is -2.23. The monoisotopic (exact) mass is 267 g/mol. The van der Waals surface area contributed by atoms with Crippen LogP contribution in [0.25, 0.3) is 0 Å². The first-order valence-corrected chi connectivity index (χ1v) is 7.04. The van der Waals surface area contributed by atoms with Gasteiger partial charge in [0.05, 0.1) is 5.75 Å². The number of nitrogens with two attached hydrogens (primary N) is 1. The van der Waals surface area contributed by atoms with Crippen molar-refractivity contribution in [3.8, 4) is 0 Å². The molecular weight excluding hydrogens is 250 g/mol. The van der Waals surface area contributed by atoms with Crippen molar-refractivity contribution in [2.45, 2.75) is 20.8 Å². The molecule has 0 saturated heterocycles. The summed E-state index contributed by atoms with van der Waals surface area (Å²) in [7, 11) is -1.53. The maximum absolute atomic E-state index is 12.0. The Hall–Kier alpha value is -1.49. The number of Topliss-reactive ketones (excluding diaryl/α,β-unsaturated/α-hetero) is 1. The summed E-state index contributed by atoms with van der Waals surface area (Å²) in [4.78, 5) is 22.6. The highest BCUT2D eigenvalue weighted by Gasteiger charge is 2.15. The number of hydrogen-bond acceptors (Lipinski definition) is 3. The fourth-order valence-electron chi connectivity index (χ4n) is 1.69. The summed E-state index contributed by atoms with van der Waals surface area (Å²) < 4.78 is 11.5. The zero-order chi connectivity index (χ0) is 13.9. The van der Waals surface area contributed by atoms with E-state index in [1.165, 1.54) is 0 Å². The van der Waals surface area contributed by atoms with Gasteiger partial charge in [0.2, 0.25) is 5.91 Å². The van der Waals surface area contributed by atoms with Crippen LogP contribution >= 0.6 is 0 Å². The number of rotatable bonds is 5. The van der Waals surface area contributed by atoms with E-state index in [4.69, 9.17) is 5.73 Å². The normalized spacial score (nSPS) is 12.2. The summed E-state index contributed by atoms with van der Waals surface area (Å²) in [5, 5.41) is 0. The van der Waals surface area contributed by atoms with Crippen LogP contribution in [0, 0.1) is 20.8 Å². The Balaban J connectivity index is 2.88. The highest BCUT2D eigenvalue weighted by Crippen LogP contribution is 2.16. The Bertz CT molecular complexity index is 523. The minimum atomic E-state index is -1.53. The molecule has 2 N–H and O–H groups in total. The number of aryl methyl sites for hydroxylation is 3. The fourth-order valence-corrected chi connectivity index (χ4v) is 2.56. The van der Waals surface area contributed by atoms with E-state index < -0.39 is 16.7 Å². The van der Waals surface area contributed by atoms with Gasteiger partial charge in [0, 0.05) is 16.4 Å². The molecule has 1 aromatic rings. The van der Waals surface area contributed by atoms with Crippen LogP contribution in [0.1, 0.15) is 27.0 Å². The topological polar surface area (TPSA) is 77.2 Å². The maximum atomic E-state index is 12.0. The average Bonchev–Trinajstić information content (AvgIpc) is 2.21. The van der Waals surface area contributed by atoms with Crippen molar-refractivity contribution in [1.82, 2.24) is 0 Å². The van der Waals surface area contributed by atoms with E-state index in [1.807, 2.05) is 26.8 Å². The van der Waals surface area contributed by atoms with Crippen molar-refractivity contribution < 1.29 is 13.8 Å². The molecule has 4 nitrogen and oxygen atoms in total. The minimum absolute atomic E-state index is 0.160. The Morgan fingerprint density at radius 1 is 1.06 bits per heavy atom. The van der Waals surface area contributed by atoms with Gasteiger partial charge in [-0.25, -0.2) is 0 Å². The summed E-state index contributed by atoms with van der Waals surface area (Å²) >= 11 is 0. The van der Waals surface area contributed by atoms with Crippen molar-refractivity contribution >= 4 is 22.5 Å². The van der Waals surface area contributed by atoms with E-state index in [0.717, 1.165) is 16.7 Å². The second-order valence-corrected chi connectivity index (χ2v) is 5.83. The molecule has 0 fully saturated rings. The van der Waals surface area contributed by atoms with Crippen LogP contribution in [-0.4, -0.2) is 27.4 Å². The zero-order valence-electron chi connectivity index (χ0n) is 10.8. The molecular formula is C13H17NO3S. The number of carbonyl (C=O) groups excluding carboxylic acids is 2. The molecule has 0 heterocycles. The fraction of sp³-hybridized carbons (Fsp3) is 0.385. The van der Waals surface area contributed by atoms with Gasteiger partial charge < -0.3 is 5.73 Å². The zero-order valence-corrected chi connectivity index (χ0v) is 11.6. The molecule has 0 aliphatic carbocycles. The molecule has 5 heteroatoms. The molecule has 0 spiro atoms. The molecule has 0 saturated carbocycles. The Morgan fingerprint density at radius 3 is 2.17 bits per heavy atom. The van der Waals surface area contributed by atoms with E-state index >= 15 is 0 Å². The average molecular weight is 267 g/mol. The predicted octanol–water partition coefficient (Wildman–Crippen LogP) is 1.03. The predicted molar refractivity (Wildman–Crippen MR) is 72.1 cm³/mol. The van der Waals surface area contributed by atoms with Gasteiger partial charge in [-0.3, -0.25) is 13.8 Å². The van der Waals surface area contributed by atoms with Crippen molar-refractivity contribution in [2.75, 3.05) is 11.5 Å². The number of benzene rings is 1. The second-order valence-electron chi connectivity index (χ2n) is 4.37. The largest absolute Gasteiger partial charge is 0.369 e. The van der Waals surface area contributed by atoms with Crippen molar-refractivity contribution in [3.05, 3.63) is 34.4 Å². The Labute approximate surface area is 109 Å². The van der Waals surface area contributed by atoms with Crippen LogP contribution in [-0.2, 0) is 15.6 Å². The number of ketones is 1. The lowest BCUT2D eigenvalue weighted by atomic mass is 9.99. The molecule has 1 atom stereocenters. The van der Waals surface area contributed by atoms with Gasteiger partial charge in [-0.2, -0.15) is 0 Å². The third-order valence-corrected chi connectivity index (χ3v) is 3.93. The minimum Gasteiger partial charge on any atom is -0.369 e. The van der Waals surface area contributed by atoms with Gasteiger partial charge in [0.15, 0.2) is 5.78 Å². The highest BCUT2D eigenvalue weighted by molar-refractivity contribution is 7.86. The molecule has 18 heavy (non-hydrogen) atoms. The molecule has 1 aromatic carbocycles. The first kappa shape index (κ1) is 14.6. The number of amides is 1. The third-order valence-electron chi connectivity index (χ3n) is 2.74. The molecule has 1 rings (SSSR count). The van der Waals surface area contributed by atoms with Crippen LogP contribution in [0.15, 0.2) is 12.1 Å². The first-order valence-electron chi connectivity index (χ1n) is 5.55. The van der Waals surface area contributed by atoms with Crippen LogP contribution in [0.5, 0.6) is 0 Å². The molecule has 1 amide bonds.